The van der Waals surface area contributed by atoms with Gasteiger partial charge in [0, 0.05) is 23.5 Å². The molecule has 0 saturated heterocycles. The summed E-state index contributed by atoms with van der Waals surface area (Å²) in [5.74, 6) is 2.19. The van der Waals surface area contributed by atoms with Crippen LogP contribution < -0.4 is 14.8 Å². The Labute approximate surface area is 178 Å². The van der Waals surface area contributed by atoms with Crippen LogP contribution >= 0.6 is 0 Å². The van der Waals surface area contributed by atoms with Gasteiger partial charge in [-0.15, -0.1) is 0 Å². The molecule has 31 heavy (non-hydrogen) atoms. The van der Waals surface area contributed by atoms with E-state index < -0.39 is 0 Å². The van der Waals surface area contributed by atoms with E-state index in [2.05, 4.69) is 25.8 Å². The Morgan fingerprint density at radius 1 is 0.968 bits per heavy atom. The van der Waals surface area contributed by atoms with Crippen LogP contribution in [0.3, 0.4) is 0 Å². The van der Waals surface area contributed by atoms with Crippen LogP contribution in [0.4, 0.5) is 5.95 Å². The van der Waals surface area contributed by atoms with E-state index in [1.165, 1.54) is 0 Å². The Morgan fingerprint density at radius 2 is 1.77 bits per heavy atom. The molecule has 0 bridgehead atoms. The van der Waals surface area contributed by atoms with Gasteiger partial charge in [0.1, 0.15) is 23.6 Å². The number of fused-ring (bicyclic) bond motifs is 3. The monoisotopic (exact) mass is 410 g/mol. The SMILES string of the molecule is COc1ccc([C@H]2C3=C(Nc4nnnn42)c2ccccc2O[C@@H]3c2ccncc2)cc1. The number of tetrazole rings is 1. The second-order valence-electron chi connectivity index (χ2n) is 7.35. The van der Waals surface area contributed by atoms with E-state index in [0.717, 1.165) is 39.5 Å². The second kappa shape index (κ2) is 6.94. The Kier molecular flexibility index (Phi) is 3.95. The van der Waals surface area contributed by atoms with Crippen LogP contribution in [-0.2, 0) is 0 Å². The predicted molar refractivity (Wildman–Crippen MR) is 114 cm³/mol. The largest absolute Gasteiger partial charge is 0.497 e. The molecule has 8 nitrogen and oxygen atoms in total. The summed E-state index contributed by atoms with van der Waals surface area (Å²) in [4.78, 5) is 4.17. The van der Waals surface area contributed by atoms with Gasteiger partial charge in [0.25, 0.3) is 0 Å². The third-order valence-corrected chi connectivity index (χ3v) is 5.68. The highest BCUT2D eigenvalue weighted by atomic mass is 16.5. The number of nitrogens with one attached hydrogen (secondary N) is 1. The number of methoxy groups -OCH3 is 1. The summed E-state index contributed by atoms with van der Waals surface area (Å²) in [6.07, 6.45) is 3.23. The topological polar surface area (TPSA) is 87.0 Å². The van der Waals surface area contributed by atoms with Gasteiger partial charge >= 0.3 is 0 Å². The summed E-state index contributed by atoms with van der Waals surface area (Å²) in [6, 6.07) is 19.7. The summed E-state index contributed by atoms with van der Waals surface area (Å²) in [5.41, 5.74) is 5.02. The van der Waals surface area contributed by atoms with Crippen LogP contribution in [0.2, 0.25) is 0 Å². The van der Waals surface area contributed by atoms with Crippen molar-refractivity contribution >= 4 is 11.6 Å². The molecule has 0 unspecified atom stereocenters. The highest BCUT2D eigenvalue weighted by Crippen LogP contribution is 2.50. The van der Waals surface area contributed by atoms with Gasteiger partial charge in [-0.05, 0) is 58.0 Å². The first-order valence-electron chi connectivity index (χ1n) is 9.92. The quantitative estimate of drug-likeness (QED) is 0.552. The van der Waals surface area contributed by atoms with Crippen molar-refractivity contribution in [3.8, 4) is 11.5 Å². The molecular weight excluding hydrogens is 392 g/mol. The lowest BCUT2D eigenvalue weighted by Gasteiger charge is -2.38. The van der Waals surface area contributed by atoms with Crippen LogP contribution in [0.15, 0.2) is 78.6 Å². The number of pyridine rings is 1. The zero-order chi connectivity index (χ0) is 20.8. The van der Waals surface area contributed by atoms with Crippen LogP contribution in [0.25, 0.3) is 5.70 Å². The number of benzene rings is 2. The summed E-state index contributed by atoms with van der Waals surface area (Å²) in [5, 5.41) is 15.9. The molecule has 152 valence electrons. The third-order valence-electron chi connectivity index (χ3n) is 5.68. The number of para-hydroxylation sites is 1. The van der Waals surface area contributed by atoms with E-state index in [4.69, 9.17) is 9.47 Å². The lowest BCUT2D eigenvalue weighted by Crippen LogP contribution is -2.32. The molecule has 2 aromatic heterocycles. The standard InChI is InChI=1S/C23H18N6O2/c1-30-16-8-6-14(7-9-16)21-19-20(25-23-26-27-28-29(21)23)17-4-2-3-5-18(17)31-22(19)15-10-12-24-13-11-15/h2-13,21-22H,1H3,(H,25,26,28)/t21-,22+/m0/s1. The van der Waals surface area contributed by atoms with Crippen molar-refractivity contribution in [2.24, 2.45) is 0 Å². The molecule has 0 amide bonds. The van der Waals surface area contributed by atoms with Crippen molar-refractivity contribution in [1.29, 1.82) is 0 Å². The summed E-state index contributed by atoms with van der Waals surface area (Å²) < 4.78 is 13.7. The first kappa shape index (κ1) is 17.6. The zero-order valence-corrected chi connectivity index (χ0v) is 16.6. The molecule has 0 aliphatic carbocycles. The Balaban J connectivity index is 1.61. The summed E-state index contributed by atoms with van der Waals surface area (Å²) in [6.45, 7) is 0. The molecule has 1 N–H and O–H groups in total. The fraction of sp³-hybridized carbons (Fsp3) is 0.130. The van der Waals surface area contributed by atoms with Gasteiger partial charge in [0.15, 0.2) is 0 Å². The number of hydrogen-bond acceptors (Lipinski definition) is 7. The zero-order valence-electron chi connectivity index (χ0n) is 16.6. The molecule has 4 aromatic rings. The minimum absolute atomic E-state index is 0.251. The van der Waals surface area contributed by atoms with Crippen LogP contribution in [0.1, 0.15) is 28.8 Å². The average molecular weight is 410 g/mol. The van der Waals surface area contributed by atoms with Gasteiger partial charge in [-0.25, -0.2) is 0 Å². The molecule has 6 rings (SSSR count). The minimum Gasteiger partial charge on any atom is -0.497 e. The molecule has 2 aromatic carbocycles. The van der Waals surface area contributed by atoms with E-state index in [-0.39, 0.29) is 12.1 Å². The molecular formula is C23H18N6O2. The van der Waals surface area contributed by atoms with Gasteiger partial charge in [0.2, 0.25) is 5.95 Å². The normalized spacial score (nSPS) is 18.9. The molecule has 2 aliphatic rings. The molecule has 0 spiro atoms. The molecule has 0 fully saturated rings. The Bertz CT molecular complexity index is 1280. The van der Waals surface area contributed by atoms with E-state index in [9.17, 15) is 0 Å². The van der Waals surface area contributed by atoms with E-state index >= 15 is 0 Å². The summed E-state index contributed by atoms with van der Waals surface area (Å²) in [7, 11) is 1.66. The molecule has 8 heteroatoms. The summed E-state index contributed by atoms with van der Waals surface area (Å²) >= 11 is 0. The van der Waals surface area contributed by atoms with E-state index in [0.29, 0.717) is 5.95 Å². The van der Waals surface area contributed by atoms with Crippen molar-refractivity contribution in [3.05, 3.63) is 95.3 Å². The van der Waals surface area contributed by atoms with Gasteiger partial charge in [0.05, 0.1) is 12.8 Å². The maximum atomic E-state index is 6.54. The second-order valence-corrected chi connectivity index (χ2v) is 7.35. The number of ether oxygens (including phenoxy) is 2. The Hall–Kier alpha value is -4.20. The van der Waals surface area contributed by atoms with Crippen molar-refractivity contribution < 1.29 is 9.47 Å². The third kappa shape index (κ3) is 2.76. The number of rotatable bonds is 3. The molecule has 0 radical (unpaired) electrons. The van der Waals surface area contributed by atoms with Crippen molar-refractivity contribution in [2.75, 3.05) is 12.4 Å². The van der Waals surface area contributed by atoms with Gasteiger partial charge in [-0.2, -0.15) is 4.68 Å². The smallest absolute Gasteiger partial charge is 0.248 e. The minimum atomic E-state index is -0.329. The van der Waals surface area contributed by atoms with Crippen molar-refractivity contribution in [3.63, 3.8) is 0 Å². The number of aromatic nitrogens is 5. The highest BCUT2D eigenvalue weighted by Gasteiger charge is 2.41. The average Bonchev–Trinajstić information content (AvgIpc) is 3.31. The maximum Gasteiger partial charge on any atom is 0.248 e. The van der Waals surface area contributed by atoms with Gasteiger partial charge in [-0.1, -0.05) is 29.4 Å². The van der Waals surface area contributed by atoms with Gasteiger partial charge in [-0.3, -0.25) is 4.98 Å². The lowest BCUT2D eigenvalue weighted by atomic mass is 9.85. The first-order valence-corrected chi connectivity index (χ1v) is 9.92. The lowest BCUT2D eigenvalue weighted by molar-refractivity contribution is 0.222. The van der Waals surface area contributed by atoms with Crippen molar-refractivity contribution in [1.82, 2.24) is 25.2 Å². The predicted octanol–water partition coefficient (Wildman–Crippen LogP) is 3.64. The molecule has 2 aliphatic heterocycles. The van der Waals surface area contributed by atoms with E-state index in [1.807, 2.05) is 60.7 Å². The number of anilines is 1. The highest BCUT2D eigenvalue weighted by molar-refractivity contribution is 5.85. The van der Waals surface area contributed by atoms with Gasteiger partial charge < -0.3 is 14.8 Å². The van der Waals surface area contributed by atoms with Crippen LogP contribution in [-0.4, -0.2) is 32.3 Å². The molecule has 0 saturated carbocycles. The fourth-order valence-electron chi connectivity index (χ4n) is 4.26. The molecule has 2 atom stereocenters. The number of nitrogens with zero attached hydrogens (tertiary/aromatic N) is 5. The van der Waals surface area contributed by atoms with E-state index in [1.54, 1.807) is 24.2 Å². The van der Waals surface area contributed by atoms with Crippen LogP contribution in [0.5, 0.6) is 11.5 Å². The maximum absolute atomic E-state index is 6.54. The van der Waals surface area contributed by atoms with Crippen molar-refractivity contribution in [2.45, 2.75) is 12.1 Å². The van der Waals surface area contributed by atoms with Crippen LogP contribution in [0, 0.1) is 0 Å². The Morgan fingerprint density at radius 3 is 2.58 bits per heavy atom. The molecule has 4 heterocycles. The first-order chi connectivity index (χ1) is 15.3. The number of hydrogen-bond donors (Lipinski definition) is 1. The fourth-order valence-corrected chi connectivity index (χ4v) is 4.26.